The van der Waals surface area contributed by atoms with E-state index in [1.807, 2.05) is 91.0 Å². The van der Waals surface area contributed by atoms with Crippen molar-refractivity contribution < 1.29 is 4.79 Å². The van der Waals surface area contributed by atoms with Gasteiger partial charge in [-0.3, -0.25) is 0 Å². The van der Waals surface area contributed by atoms with Crippen LogP contribution in [0.3, 0.4) is 0 Å². The lowest BCUT2D eigenvalue weighted by atomic mass is 9.72. The molecule has 0 fully saturated rings. The Morgan fingerprint density at radius 3 is 1.56 bits per heavy atom. The average molecular weight is 325 g/mol. The first kappa shape index (κ1) is 16.7. The van der Waals surface area contributed by atoms with Crippen LogP contribution >= 0.6 is 0 Å². The third kappa shape index (κ3) is 3.67. The van der Waals surface area contributed by atoms with Gasteiger partial charge in [-0.2, -0.15) is 5.26 Å². The van der Waals surface area contributed by atoms with Crippen molar-refractivity contribution in [2.24, 2.45) is 0 Å². The summed E-state index contributed by atoms with van der Waals surface area (Å²) in [7, 11) is 0. The third-order valence-electron chi connectivity index (χ3n) is 4.56. The summed E-state index contributed by atoms with van der Waals surface area (Å²) in [5.74, 6) is -1.03. The molecule has 0 aliphatic heterocycles. The number of rotatable bonds is 6. The SMILES string of the molecule is N#CC(c1ccccc1)C(c1ccccc1)C(C=O)c1ccccc1. The third-order valence-corrected chi connectivity index (χ3v) is 4.56. The highest BCUT2D eigenvalue weighted by Gasteiger charge is 2.33. The molecule has 2 nitrogen and oxygen atoms in total. The summed E-state index contributed by atoms with van der Waals surface area (Å²) in [6.07, 6.45) is 0.972. The Morgan fingerprint density at radius 1 is 0.680 bits per heavy atom. The molecular formula is C23H19NO. The van der Waals surface area contributed by atoms with E-state index < -0.39 is 5.92 Å². The molecule has 0 amide bonds. The van der Waals surface area contributed by atoms with Crippen molar-refractivity contribution in [3.8, 4) is 6.07 Å². The Bertz CT molecular complexity index is 838. The molecule has 3 atom stereocenters. The van der Waals surface area contributed by atoms with E-state index in [1.54, 1.807) is 0 Å². The molecule has 0 radical (unpaired) electrons. The largest absolute Gasteiger partial charge is 0.303 e. The monoisotopic (exact) mass is 325 g/mol. The van der Waals surface area contributed by atoms with Crippen molar-refractivity contribution in [2.75, 3.05) is 0 Å². The zero-order valence-electron chi connectivity index (χ0n) is 13.8. The van der Waals surface area contributed by atoms with Gasteiger partial charge in [-0.05, 0) is 16.7 Å². The van der Waals surface area contributed by atoms with Crippen molar-refractivity contribution in [1.29, 1.82) is 5.26 Å². The average Bonchev–Trinajstić information content (AvgIpc) is 2.70. The van der Waals surface area contributed by atoms with Gasteiger partial charge in [0.1, 0.15) is 6.29 Å². The molecule has 0 heterocycles. The summed E-state index contributed by atoms with van der Waals surface area (Å²) >= 11 is 0. The van der Waals surface area contributed by atoms with E-state index in [9.17, 15) is 10.1 Å². The number of hydrogen-bond acceptors (Lipinski definition) is 2. The van der Waals surface area contributed by atoms with Gasteiger partial charge in [-0.1, -0.05) is 91.0 Å². The molecule has 122 valence electrons. The number of benzene rings is 3. The second-order valence-electron chi connectivity index (χ2n) is 6.03. The number of nitrogens with zero attached hydrogens (tertiary/aromatic N) is 1. The van der Waals surface area contributed by atoms with Crippen LogP contribution in [0.25, 0.3) is 0 Å². The first-order chi connectivity index (χ1) is 12.3. The number of nitriles is 1. The van der Waals surface area contributed by atoms with Gasteiger partial charge in [0.25, 0.3) is 0 Å². The number of hydrogen-bond donors (Lipinski definition) is 0. The maximum Gasteiger partial charge on any atom is 0.128 e. The molecule has 25 heavy (non-hydrogen) atoms. The van der Waals surface area contributed by atoms with Gasteiger partial charge in [0.05, 0.1) is 12.0 Å². The fraction of sp³-hybridized carbons (Fsp3) is 0.130. The molecule has 0 saturated heterocycles. The fourth-order valence-electron chi connectivity index (χ4n) is 3.35. The van der Waals surface area contributed by atoms with Gasteiger partial charge in [0.2, 0.25) is 0 Å². The predicted octanol–water partition coefficient (Wildman–Crippen LogP) is 5.06. The Morgan fingerprint density at radius 2 is 1.12 bits per heavy atom. The second-order valence-corrected chi connectivity index (χ2v) is 6.03. The fourth-order valence-corrected chi connectivity index (χ4v) is 3.35. The van der Waals surface area contributed by atoms with Gasteiger partial charge in [-0.15, -0.1) is 0 Å². The van der Waals surface area contributed by atoms with Crippen LogP contribution in [0.15, 0.2) is 91.0 Å². The van der Waals surface area contributed by atoms with Crippen LogP contribution in [-0.2, 0) is 4.79 Å². The molecule has 3 rings (SSSR count). The van der Waals surface area contributed by atoms with Crippen LogP contribution in [0.5, 0.6) is 0 Å². The van der Waals surface area contributed by atoms with Crippen LogP contribution in [-0.4, -0.2) is 6.29 Å². The molecule has 2 heteroatoms. The van der Waals surface area contributed by atoms with Crippen LogP contribution in [0.1, 0.15) is 34.4 Å². The van der Waals surface area contributed by atoms with Crippen molar-refractivity contribution in [2.45, 2.75) is 17.8 Å². The van der Waals surface area contributed by atoms with Crippen LogP contribution in [0.2, 0.25) is 0 Å². The minimum atomic E-state index is -0.404. The van der Waals surface area contributed by atoms with Gasteiger partial charge >= 0.3 is 0 Å². The quantitative estimate of drug-likeness (QED) is 0.594. The summed E-state index contributed by atoms with van der Waals surface area (Å²) in [6, 6.07) is 31.7. The van der Waals surface area contributed by atoms with Crippen molar-refractivity contribution in [3.63, 3.8) is 0 Å². The Labute approximate surface area is 148 Å². The molecule has 3 unspecified atom stereocenters. The first-order valence-electron chi connectivity index (χ1n) is 8.35. The van der Waals surface area contributed by atoms with E-state index in [1.165, 1.54) is 0 Å². The van der Waals surface area contributed by atoms with Gasteiger partial charge in [0, 0.05) is 11.8 Å². The van der Waals surface area contributed by atoms with E-state index >= 15 is 0 Å². The van der Waals surface area contributed by atoms with Crippen LogP contribution < -0.4 is 0 Å². The Kier molecular flexibility index (Phi) is 5.39. The van der Waals surface area contributed by atoms with E-state index in [0.29, 0.717) is 0 Å². The molecule has 0 bridgehead atoms. The maximum atomic E-state index is 12.1. The first-order valence-corrected chi connectivity index (χ1v) is 8.35. The number of carbonyl (C=O) groups excluding carboxylic acids is 1. The highest BCUT2D eigenvalue weighted by molar-refractivity contribution is 5.65. The summed E-state index contributed by atoms with van der Waals surface area (Å²) in [4.78, 5) is 12.1. The van der Waals surface area contributed by atoms with Crippen molar-refractivity contribution >= 4 is 6.29 Å². The summed E-state index contributed by atoms with van der Waals surface area (Å²) in [6.45, 7) is 0. The van der Waals surface area contributed by atoms with E-state index in [-0.39, 0.29) is 11.8 Å². The van der Waals surface area contributed by atoms with E-state index in [2.05, 4.69) is 6.07 Å². The maximum absolute atomic E-state index is 12.1. The van der Waals surface area contributed by atoms with Crippen molar-refractivity contribution in [1.82, 2.24) is 0 Å². The smallest absolute Gasteiger partial charge is 0.128 e. The molecule has 0 saturated carbocycles. The molecule has 0 aromatic heterocycles. The Hall–Kier alpha value is -3.18. The number of aldehydes is 1. The lowest BCUT2D eigenvalue weighted by Gasteiger charge is -2.28. The van der Waals surface area contributed by atoms with Gasteiger partial charge < -0.3 is 4.79 Å². The lowest BCUT2D eigenvalue weighted by molar-refractivity contribution is -0.109. The van der Waals surface area contributed by atoms with Gasteiger partial charge in [0.15, 0.2) is 0 Å². The zero-order chi connectivity index (χ0) is 17.5. The van der Waals surface area contributed by atoms with E-state index in [0.717, 1.165) is 23.0 Å². The van der Waals surface area contributed by atoms with Crippen LogP contribution in [0, 0.1) is 11.3 Å². The Balaban J connectivity index is 2.13. The highest BCUT2D eigenvalue weighted by atomic mass is 16.1. The molecule has 0 aliphatic carbocycles. The lowest BCUT2D eigenvalue weighted by Crippen LogP contribution is -2.19. The standard InChI is InChI=1S/C23H19NO/c24-16-21(18-10-4-1-5-11-18)23(20-14-8-3-9-15-20)22(17-25)19-12-6-2-7-13-19/h1-15,17,21-23H. The highest BCUT2D eigenvalue weighted by Crippen LogP contribution is 2.42. The van der Waals surface area contributed by atoms with E-state index in [4.69, 9.17) is 0 Å². The topological polar surface area (TPSA) is 40.9 Å². The molecule has 3 aromatic rings. The summed E-state index contributed by atoms with van der Waals surface area (Å²) in [5.41, 5.74) is 2.86. The summed E-state index contributed by atoms with van der Waals surface area (Å²) in [5, 5.41) is 9.94. The summed E-state index contributed by atoms with van der Waals surface area (Å²) < 4.78 is 0. The van der Waals surface area contributed by atoms with Gasteiger partial charge in [-0.25, -0.2) is 0 Å². The minimum absolute atomic E-state index is 0.242. The normalized spacial score (nSPS) is 14.0. The molecule has 0 spiro atoms. The number of carbonyl (C=O) groups is 1. The molecular weight excluding hydrogens is 306 g/mol. The predicted molar refractivity (Wildman–Crippen MR) is 99.2 cm³/mol. The minimum Gasteiger partial charge on any atom is -0.303 e. The second kappa shape index (κ2) is 8.08. The zero-order valence-corrected chi connectivity index (χ0v) is 13.8. The van der Waals surface area contributed by atoms with Crippen molar-refractivity contribution in [3.05, 3.63) is 108 Å². The molecule has 0 N–H and O–H groups in total. The molecule has 3 aromatic carbocycles. The van der Waals surface area contributed by atoms with Crippen LogP contribution in [0.4, 0.5) is 0 Å². The molecule has 0 aliphatic rings.